The molecule has 22 heavy (non-hydrogen) atoms. The van der Waals surface area contributed by atoms with Crippen LogP contribution < -0.4 is 14.2 Å². The Morgan fingerprint density at radius 1 is 0.727 bits per heavy atom. The van der Waals surface area contributed by atoms with Gasteiger partial charge in [-0.1, -0.05) is 51.1 Å². The fourth-order valence-electron chi connectivity index (χ4n) is 2.60. The van der Waals surface area contributed by atoms with Gasteiger partial charge in [-0.15, -0.1) is 0 Å². The molecule has 0 aliphatic carbocycles. The van der Waals surface area contributed by atoms with Gasteiger partial charge in [-0.05, 0) is 17.0 Å². The van der Waals surface area contributed by atoms with Gasteiger partial charge < -0.3 is 14.2 Å². The molecule has 2 aromatic rings. The number of methoxy groups -OCH3 is 3. The van der Waals surface area contributed by atoms with Crippen LogP contribution in [0, 0.1) is 0 Å². The zero-order valence-corrected chi connectivity index (χ0v) is 14.2. The lowest BCUT2D eigenvalue weighted by Gasteiger charge is -2.26. The lowest BCUT2D eigenvalue weighted by molar-refractivity contribution is 0.319. The standard InChI is InChI=1S/C19H24O3/c1-19(2,3)15-12-14(13-10-8-7-9-11-13)16(20-4)18(22-6)17(15)21-5/h7-12H,1-6H3. The second kappa shape index (κ2) is 6.30. The highest BCUT2D eigenvalue weighted by atomic mass is 16.5. The van der Waals surface area contributed by atoms with Crippen LogP contribution in [0.2, 0.25) is 0 Å². The molecule has 3 nitrogen and oxygen atoms in total. The Hall–Kier alpha value is -2.16. The van der Waals surface area contributed by atoms with Crippen molar-refractivity contribution < 1.29 is 14.2 Å². The largest absolute Gasteiger partial charge is 0.492 e. The molecule has 0 bridgehead atoms. The molecule has 0 spiro atoms. The third-order valence-electron chi connectivity index (χ3n) is 3.70. The first-order valence-electron chi connectivity index (χ1n) is 7.33. The van der Waals surface area contributed by atoms with Crippen molar-refractivity contribution in [3.8, 4) is 28.4 Å². The van der Waals surface area contributed by atoms with Crippen LogP contribution in [0.3, 0.4) is 0 Å². The van der Waals surface area contributed by atoms with Crippen molar-refractivity contribution in [2.75, 3.05) is 21.3 Å². The van der Waals surface area contributed by atoms with Gasteiger partial charge in [0.05, 0.1) is 21.3 Å². The molecule has 3 heteroatoms. The average molecular weight is 300 g/mol. The molecular weight excluding hydrogens is 276 g/mol. The van der Waals surface area contributed by atoms with Crippen LogP contribution in [0.25, 0.3) is 11.1 Å². The molecule has 0 aliphatic heterocycles. The Morgan fingerprint density at radius 2 is 1.27 bits per heavy atom. The van der Waals surface area contributed by atoms with Crippen LogP contribution >= 0.6 is 0 Å². The van der Waals surface area contributed by atoms with E-state index in [4.69, 9.17) is 14.2 Å². The highest BCUT2D eigenvalue weighted by Gasteiger charge is 2.27. The molecule has 118 valence electrons. The van der Waals surface area contributed by atoms with Gasteiger partial charge >= 0.3 is 0 Å². The van der Waals surface area contributed by atoms with E-state index in [0.717, 1.165) is 22.4 Å². The van der Waals surface area contributed by atoms with Gasteiger partial charge in [-0.25, -0.2) is 0 Å². The smallest absolute Gasteiger partial charge is 0.204 e. The SMILES string of the molecule is COc1c(-c2ccccc2)cc(C(C)(C)C)c(OC)c1OC. The summed E-state index contributed by atoms with van der Waals surface area (Å²) in [6, 6.07) is 12.3. The predicted molar refractivity (Wildman–Crippen MR) is 90.2 cm³/mol. The summed E-state index contributed by atoms with van der Waals surface area (Å²) in [6.07, 6.45) is 0. The van der Waals surface area contributed by atoms with Crippen molar-refractivity contribution >= 4 is 0 Å². The number of ether oxygens (including phenoxy) is 3. The zero-order chi connectivity index (χ0) is 16.3. The van der Waals surface area contributed by atoms with E-state index < -0.39 is 0 Å². The summed E-state index contributed by atoms with van der Waals surface area (Å²) >= 11 is 0. The van der Waals surface area contributed by atoms with Gasteiger partial charge in [0.1, 0.15) is 0 Å². The Labute approximate surface area is 132 Å². The van der Waals surface area contributed by atoms with Crippen LogP contribution in [0.5, 0.6) is 17.2 Å². The molecule has 0 saturated carbocycles. The maximum atomic E-state index is 5.63. The molecule has 0 aliphatic rings. The average Bonchev–Trinajstić information content (AvgIpc) is 2.52. The van der Waals surface area contributed by atoms with E-state index in [-0.39, 0.29) is 5.41 Å². The summed E-state index contributed by atoms with van der Waals surface area (Å²) in [5, 5.41) is 0. The van der Waals surface area contributed by atoms with Crippen molar-refractivity contribution in [1.29, 1.82) is 0 Å². The summed E-state index contributed by atoms with van der Waals surface area (Å²) < 4.78 is 16.9. The summed E-state index contributed by atoms with van der Waals surface area (Å²) in [5.74, 6) is 2.06. The second-order valence-corrected chi connectivity index (χ2v) is 6.19. The molecule has 0 amide bonds. The first-order valence-corrected chi connectivity index (χ1v) is 7.33. The van der Waals surface area contributed by atoms with Gasteiger partial charge in [-0.2, -0.15) is 0 Å². The third-order valence-corrected chi connectivity index (χ3v) is 3.70. The maximum absolute atomic E-state index is 5.63. The molecule has 0 unspecified atom stereocenters. The maximum Gasteiger partial charge on any atom is 0.204 e. The van der Waals surface area contributed by atoms with Crippen molar-refractivity contribution in [1.82, 2.24) is 0 Å². The minimum Gasteiger partial charge on any atom is -0.492 e. The van der Waals surface area contributed by atoms with Crippen molar-refractivity contribution in [2.24, 2.45) is 0 Å². The normalized spacial score (nSPS) is 11.2. The number of benzene rings is 2. The van der Waals surface area contributed by atoms with E-state index in [1.54, 1.807) is 21.3 Å². The first kappa shape index (κ1) is 16.2. The van der Waals surface area contributed by atoms with Crippen molar-refractivity contribution in [3.05, 3.63) is 42.0 Å². The van der Waals surface area contributed by atoms with Gasteiger partial charge in [-0.3, -0.25) is 0 Å². The van der Waals surface area contributed by atoms with E-state index in [9.17, 15) is 0 Å². The predicted octanol–water partition coefficient (Wildman–Crippen LogP) is 4.68. The van der Waals surface area contributed by atoms with E-state index in [2.05, 4.69) is 39.0 Å². The topological polar surface area (TPSA) is 27.7 Å². The lowest BCUT2D eigenvalue weighted by Crippen LogP contribution is -2.14. The summed E-state index contributed by atoms with van der Waals surface area (Å²) in [6.45, 7) is 6.47. The summed E-state index contributed by atoms with van der Waals surface area (Å²) in [7, 11) is 4.96. The molecule has 0 atom stereocenters. The molecule has 2 aromatic carbocycles. The van der Waals surface area contributed by atoms with Gasteiger partial charge in [0.25, 0.3) is 0 Å². The van der Waals surface area contributed by atoms with Crippen LogP contribution in [0.1, 0.15) is 26.3 Å². The summed E-state index contributed by atoms with van der Waals surface area (Å²) in [5.41, 5.74) is 3.11. The zero-order valence-electron chi connectivity index (χ0n) is 14.2. The number of rotatable bonds is 4. The molecule has 0 fully saturated rings. The number of hydrogen-bond acceptors (Lipinski definition) is 3. The molecule has 2 rings (SSSR count). The van der Waals surface area contributed by atoms with Crippen molar-refractivity contribution in [2.45, 2.75) is 26.2 Å². The van der Waals surface area contributed by atoms with E-state index in [0.29, 0.717) is 11.5 Å². The molecule has 0 saturated heterocycles. The van der Waals surface area contributed by atoms with Crippen molar-refractivity contribution in [3.63, 3.8) is 0 Å². The van der Waals surface area contributed by atoms with E-state index in [1.165, 1.54) is 0 Å². The highest BCUT2D eigenvalue weighted by molar-refractivity contribution is 5.78. The molecule has 0 heterocycles. The van der Waals surface area contributed by atoms with Crippen LogP contribution in [0.15, 0.2) is 36.4 Å². The Kier molecular flexibility index (Phi) is 4.65. The third kappa shape index (κ3) is 2.89. The van der Waals surface area contributed by atoms with Crippen LogP contribution in [-0.2, 0) is 5.41 Å². The second-order valence-electron chi connectivity index (χ2n) is 6.19. The van der Waals surface area contributed by atoms with Gasteiger partial charge in [0.15, 0.2) is 11.5 Å². The monoisotopic (exact) mass is 300 g/mol. The van der Waals surface area contributed by atoms with E-state index >= 15 is 0 Å². The van der Waals surface area contributed by atoms with Gasteiger partial charge in [0.2, 0.25) is 5.75 Å². The Balaban J connectivity index is 2.84. The minimum atomic E-state index is -0.0750. The fourth-order valence-corrected chi connectivity index (χ4v) is 2.60. The first-order chi connectivity index (χ1) is 10.4. The molecule has 0 N–H and O–H groups in total. The Bertz CT molecular complexity index is 640. The fraction of sp³-hybridized carbons (Fsp3) is 0.368. The lowest BCUT2D eigenvalue weighted by atomic mass is 9.84. The van der Waals surface area contributed by atoms with E-state index in [1.807, 2.05) is 18.2 Å². The summed E-state index contributed by atoms with van der Waals surface area (Å²) in [4.78, 5) is 0. The van der Waals surface area contributed by atoms with Gasteiger partial charge in [0, 0.05) is 11.1 Å². The van der Waals surface area contributed by atoms with Crippen LogP contribution in [0.4, 0.5) is 0 Å². The molecular formula is C19H24O3. The quantitative estimate of drug-likeness (QED) is 0.820. The van der Waals surface area contributed by atoms with Crippen LogP contribution in [-0.4, -0.2) is 21.3 Å². The number of hydrogen-bond donors (Lipinski definition) is 0. The minimum absolute atomic E-state index is 0.0750. The molecule has 0 aromatic heterocycles. The Morgan fingerprint density at radius 3 is 1.73 bits per heavy atom. The highest BCUT2D eigenvalue weighted by Crippen LogP contribution is 2.49. The molecule has 0 radical (unpaired) electrons.